The molecule has 0 unspecified atom stereocenters. The number of rotatable bonds is 5. The maximum absolute atomic E-state index is 6.20. The summed E-state index contributed by atoms with van der Waals surface area (Å²) in [7, 11) is 0. The Morgan fingerprint density at radius 3 is 2.19 bits per heavy atom. The summed E-state index contributed by atoms with van der Waals surface area (Å²) in [4.78, 5) is 6.20. The van der Waals surface area contributed by atoms with Crippen molar-refractivity contribution in [2.24, 2.45) is 5.16 Å². The van der Waals surface area contributed by atoms with Gasteiger partial charge in [0.25, 0.3) is 0 Å². The van der Waals surface area contributed by atoms with Crippen LogP contribution in [0.15, 0.2) is 84.0 Å². The van der Waals surface area contributed by atoms with Crippen LogP contribution in [0.25, 0.3) is 0 Å². The quantitative estimate of drug-likeness (QED) is 0.545. The summed E-state index contributed by atoms with van der Waals surface area (Å²) in [5.41, 5.74) is 5.60. The summed E-state index contributed by atoms with van der Waals surface area (Å²) in [6, 6.07) is 27.9. The van der Waals surface area contributed by atoms with Crippen molar-refractivity contribution in [3.63, 3.8) is 0 Å². The predicted molar refractivity (Wildman–Crippen MR) is 113 cm³/mol. The first-order valence-corrected chi connectivity index (χ1v) is 11.3. The summed E-state index contributed by atoms with van der Waals surface area (Å²) in [5.74, 6) is 0. The van der Waals surface area contributed by atoms with Gasteiger partial charge in [0.15, 0.2) is 0 Å². The monoisotopic (exact) mass is 421 g/mol. The van der Waals surface area contributed by atoms with E-state index in [2.05, 4.69) is 97.9 Å². The Morgan fingerprint density at radius 2 is 1.52 bits per heavy atom. The first-order valence-electron chi connectivity index (χ1n) is 9.22. The third-order valence-corrected chi connectivity index (χ3v) is 7.41. The second kappa shape index (κ2) is 7.72. The molecule has 136 valence electrons. The van der Waals surface area contributed by atoms with E-state index in [-0.39, 0.29) is 5.60 Å². The van der Waals surface area contributed by atoms with Crippen molar-refractivity contribution in [3.8, 4) is 0 Å². The Bertz CT molecular complexity index is 932. The zero-order valence-electron chi connectivity index (χ0n) is 15.7. The molecule has 1 aliphatic heterocycles. The van der Waals surface area contributed by atoms with Gasteiger partial charge < -0.3 is 0 Å². The number of hydrogen-bond acceptors (Lipinski definition) is 2. The van der Waals surface area contributed by atoms with Crippen LogP contribution >= 0.6 is 0 Å². The van der Waals surface area contributed by atoms with Gasteiger partial charge in [-0.05, 0) is 0 Å². The Labute approximate surface area is 167 Å². The molecule has 0 N–H and O–H groups in total. The van der Waals surface area contributed by atoms with E-state index in [1.807, 2.05) is 0 Å². The van der Waals surface area contributed by atoms with Crippen molar-refractivity contribution in [3.05, 3.63) is 101 Å². The molecule has 0 fully saturated rings. The zero-order valence-corrected chi connectivity index (χ0v) is 17.4. The third-order valence-electron chi connectivity index (χ3n) is 4.85. The van der Waals surface area contributed by atoms with Crippen LogP contribution in [0.3, 0.4) is 0 Å². The molecule has 0 spiro atoms. The van der Waals surface area contributed by atoms with E-state index in [0.29, 0.717) is 15.0 Å². The molecule has 0 saturated carbocycles. The molecular weight excluding hydrogens is 397 g/mol. The summed E-state index contributed by atoms with van der Waals surface area (Å²) in [6.07, 6.45) is 0.814. The van der Waals surface area contributed by atoms with Gasteiger partial charge in [0.2, 0.25) is 0 Å². The fourth-order valence-electron chi connectivity index (χ4n) is 3.55. The number of oxime groups is 1. The summed E-state index contributed by atoms with van der Waals surface area (Å²) in [5, 5.41) is 5.52. The molecule has 0 saturated heterocycles. The van der Waals surface area contributed by atoms with E-state index in [9.17, 15) is 0 Å². The van der Waals surface area contributed by atoms with Crippen molar-refractivity contribution in [1.82, 2.24) is 0 Å². The first kappa shape index (κ1) is 18.0. The molecule has 2 nitrogen and oxygen atoms in total. The van der Waals surface area contributed by atoms with Gasteiger partial charge in [0.05, 0.1) is 0 Å². The first-order chi connectivity index (χ1) is 13.1. The van der Waals surface area contributed by atoms with Gasteiger partial charge >= 0.3 is 167 Å². The molecule has 0 amide bonds. The molecule has 3 aromatic rings. The number of aryl methyl sites for hydroxylation is 2. The fourth-order valence-corrected chi connectivity index (χ4v) is 5.79. The molecule has 3 heteroatoms. The molecule has 0 aliphatic carbocycles. The average molecular weight is 420 g/mol. The number of benzene rings is 3. The minimum absolute atomic E-state index is 0.324. The molecule has 0 aromatic heterocycles. The van der Waals surface area contributed by atoms with Crippen LogP contribution in [0.2, 0.25) is 5.32 Å². The standard InChI is InChI=1S/C24H23NOSe/c1-18-13-19(2)15-20(14-18)23-16-24(26-25-23,21-9-5-3-6-10-21)17-27-22-11-7-4-8-12-22/h3-15H,16-17H2,1-2H3/t24-/m1/s1. The maximum atomic E-state index is 6.20. The topological polar surface area (TPSA) is 21.6 Å². The fraction of sp³-hybridized carbons (Fsp3) is 0.208. The van der Waals surface area contributed by atoms with Gasteiger partial charge in [0.1, 0.15) is 0 Å². The molecule has 0 radical (unpaired) electrons. The SMILES string of the molecule is Cc1cc(C)cc(C2=NO[C@](C[Se]c3ccccc3)(c3ccccc3)C2)c1. The van der Waals surface area contributed by atoms with Gasteiger partial charge in [-0.2, -0.15) is 0 Å². The van der Waals surface area contributed by atoms with E-state index >= 15 is 0 Å². The van der Waals surface area contributed by atoms with Crippen LogP contribution in [0.1, 0.15) is 28.7 Å². The van der Waals surface area contributed by atoms with E-state index in [1.165, 1.54) is 26.7 Å². The molecule has 1 atom stereocenters. The molecule has 1 heterocycles. The molecular formula is C24H23NOSe. The normalized spacial score (nSPS) is 18.8. The van der Waals surface area contributed by atoms with Crippen molar-refractivity contribution >= 4 is 25.1 Å². The Morgan fingerprint density at radius 1 is 0.889 bits per heavy atom. The molecule has 27 heavy (non-hydrogen) atoms. The van der Waals surface area contributed by atoms with Crippen LogP contribution in [-0.4, -0.2) is 20.7 Å². The van der Waals surface area contributed by atoms with E-state index in [4.69, 9.17) is 4.84 Å². The minimum atomic E-state index is -0.371. The van der Waals surface area contributed by atoms with Crippen LogP contribution in [0.5, 0.6) is 0 Å². The van der Waals surface area contributed by atoms with Gasteiger partial charge in [-0.15, -0.1) is 0 Å². The van der Waals surface area contributed by atoms with Crippen LogP contribution < -0.4 is 4.46 Å². The van der Waals surface area contributed by atoms with Crippen LogP contribution in [-0.2, 0) is 10.4 Å². The van der Waals surface area contributed by atoms with E-state index in [0.717, 1.165) is 17.5 Å². The van der Waals surface area contributed by atoms with Gasteiger partial charge in [-0.1, -0.05) is 0 Å². The molecule has 3 aromatic carbocycles. The van der Waals surface area contributed by atoms with Gasteiger partial charge in [-0.25, -0.2) is 0 Å². The number of hydrogen-bond donors (Lipinski definition) is 0. The van der Waals surface area contributed by atoms with E-state index in [1.54, 1.807) is 0 Å². The van der Waals surface area contributed by atoms with Gasteiger partial charge in [-0.3, -0.25) is 0 Å². The van der Waals surface area contributed by atoms with Crippen molar-refractivity contribution in [1.29, 1.82) is 0 Å². The van der Waals surface area contributed by atoms with Gasteiger partial charge in [0, 0.05) is 0 Å². The zero-order chi connectivity index (χ0) is 18.7. The molecule has 1 aliphatic rings. The van der Waals surface area contributed by atoms with Crippen molar-refractivity contribution in [2.75, 3.05) is 0 Å². The van der Waals surface area contributed by atoms with Crippen molar-refractivity contribution < 1.29 is 4.84 Å². The average Bonchev–Trinajstić information content (AvgIpc) is 3.13. The summed E-state index contributed by atoms with van der Waals surface area (Å²) in [6.45, 7) is 4.27. The molecule has 4 rings (SSSR count). The number of nitrogens with zero attached hydrogens (tertiary/aromatic N) is 1. The second-order valence-corrected chi connectivity index (χ2v) is 9.34. The van der Waals surface area contributed by atoms with Crippen molar-refractivity contribution in [2.45, 2.75) is 31.2 Å². The predicted octanol–water partition coefficient (Wildman–Crippen LogP) is 4.77. The van der Waals surface area contributed by atoms with Crippen LogP contribution in [0.4, 0.5) is 0 Å². The summed E-state index contributed by atoms with van der Waals surface area (Å²) < 4.78 is 1.39. The van der Waals surface area contributed by atoms with E-state index < -0.39 is 0 Å². The molecule has 0 bridgehead atoms. The Hall–Kier alpha value is -2.35. The summed E-state index contributed by atoms with van der Waals surface area (Å²) >= 11 is 0.324. The Balaban J connectivity index is 1.62. The second-order valence-electron chi connectivity index (χ2n) is 7.14. The third kappa shape index (κ3) is 4.00. The van der Waals surface area contributed by atoms with Crippen LogP contribution in [0, 0.1) is 13.8 Å². The Kier molecular flexibility index (Phi) is 5.15.